The quantitative estimate of drug-likeness (QED) is 0.426. The summed E-state index contributed by atoms with van der Waals surface area (Å²) < 4.78 is 6.45. The van der Waals surface area contributed by atoms with E-state index in [4.69, 9.17) is 4.42 Å². The lowest BCUT2D eigenvalue weighted by atomic mass is 10.0. The largest absolute Gasteiger partial charge is 0.456 e. The van der Waals surface area contributed by atoms with Crippen LogP contribution in [-0.4, -0.2) is 12.2 Å². The highest BCUT2D eigenvalue weighted by Gasteiger charge is 2.33. The molecule has 0 fully saturated rings. The second-order valence-corrected chi connectivity index (χ2v) is 7.36. The summed E-state index contributed by atoms with van der Waals surface area (Å²) >= 11 is 3.43. The van der Waals surface area contributed by atoms with Crippen LogP contribution in [0.4, 0.5) is 5.69 Å². The second-order valence-electron chi connectivity index (χ2n) is 6.44. The molecule has 4 nitrogen and oxygen atoms in total. The fourth-order valence-electron chi connectivity index (χ4n) is 3.19. The third kappa shape index (κ3) is 3.38. The fourth-order valence-corrected chi connectivity index (χ4v) is 3.46. The van der Waals surface area contributed by atoms with Crippen molar-refractivity contribution in [2.24, 2.45) is 0 Å². The minimum atomic E-state index is -0.0810. The summed E-state index contributed by atoms with van der Waals surface area (Å²) in [5.41, 5.74) is 4.45. The third-order valence-electron chi connectivity index (χ3n) is 4.50. The number of fused-ring (bicyclic) bond motifs is 1. The molecule has 0 aliphatic carbocycles. The van der Waals surface area contributed by atoms with Gasteiger partial charge in [-0.1, -0.05) is 39.7 Å². The lowest BCUT2D eigenvalue weighted by Crippen LogP contribution is -2.25. The molecule has 0 saturated heterocycles. The lowest BCUT2D eigenvalue weighted by molar-refractivity contribution is -0.113. The van der Waals surface area contributed by atoms with E-state index >= 15 is 0 Å². The Hall–Kier alpha value is -2.92. The Balaban J connectivity index is 1.75. The molecular weight excluding hydrogens is 406 g/mol. The molecule has 4 rings (SSSR count). The molecule has 1 aromatic heterocycles. The van der Waals surface area contributed by atoms with Crippen LogP contribution in [0.5, 0.6) is 0 Å². The van der Waals surface area contributed by atoms with Gasteiger partial charge < -0.3 is 9.32 Å². The number of nitrogens with zero attached hydrogens (tertiary/aromatic N) is 1. The van der Waals surface area contributed by atoms with Crippen LogP contribution < -0.4 is 4.90 Å². The summed E-state index contributed by atoms with van der Waals surface area (Å²) in [6.45, 7) is 2.29. The van der Waals surface area contributed by atoms with Crippen molar-refractivity contribution >= 4 is 45.5 Å². The van der Waals surface area contributed by atoms with Crippen molar-refractivity contribution in [2.75, 3.05) is 4.90 Å². The van der Waals surface area contributed by atoms with E-state index < -0.39 is 0 Å². The van der Waals surface area contributed by atoms with Crippen LogP contribution in [0, 0.1) is 6.92 Å². The monoisotopic (exact) mass is 421 g/mol. The number of anilines is 1. The number of benzene rings is 2. The zero-order valence-corrected chi connectivity index (χ0v) is 16.2. The number of carbonyl (C=O) groups excluding carboxylic acids is 2. The number of hydrogen-bond donors (Lipinski definition) is 0. The molecule has 0 bridgehead atoms. The molecule has 1 aliphatic heterocycles. The average molecular weight is 422 g/mol. The van der Waals surface area contributed by atoms with Gasteiger partial charge >= 0.3 is 0 Å². The molecule has 0 saturated carbocycles. The van der Waals surface area contributed by atoms with Gasteiger partial charge in [0, 0.05) is 15.6 Å². The zero-order chi connectivity index (χ0) is 19.0. The van der Waals surface area contributed by atoms with Crippen LogP contribution in [0.15, 0.2) is 63.5 Å². The summed E-state index contributed by atoms with van der Waals surface area (Å²) in [5, 5.41) is 0. The molecule has 2 aromatic carbocycles. The molecule has 0 radical (unpaired) electrons. The summed E-state index contributed by atoms with van der Waals surface area (Å²) in [4.78, 5) is 25.7. The zero-order valence-electron chi connectivity index (χ0n) is 14.6. The first-order valence-corrected chi connectivity index (χ1v) is 9.28. The standard InChI is InChI=1S/C22H16BrNO3/c1-14-2-9-21-19(10-14)20(11-15-3-5-16(23)6-4-15)22(26)24(21)12-17-7-8-18(13-25)27-17/h2-11,13H,12H2,1H3. The summed E-state index contributed by atoms with van der Waals surface area (Å²) in [5.74, 6) is 0.746. The highest BCUT2D eigenvalue weighted by molar-refractivity contribution is 9.10. The Kier molecular flexibility index (Phi) is 4.54. The van der Waals surface area contributed by atoms with Crippen molar-refractivity contribution in [3.8, 4) is 0 Å². The van der Waals surface area contributed by atoms with Crippen LogP contribution in [0.25, 0.3) is 11.6 Å². The van der Waals surface area contributed by atoms with Gasteiger partial charge in [0.05, 0.1) is 12.2 Å². The van der Waals surface area contributed by atoms with Gasteiger partial charge in [-0.3, -0.25) is 9.59 Å². The van der Waals surface area contributed by atoms with Crippen LogP contribution in [0.2, 0.25) is 0 Å². The highest BCUT2D eigenvalue weighted by Crippen LogP contribution is 2.39. The van der Waals surface area contributed by atoms with E-state index in [1.807, 2.05) is 55.5 Å². The number of aryl methyl sites for hydroxylation is 1. The summed E-state index contributed by atoms with van der Waals surface area (Å²) in [6.07, 6.45) is 2.57. The van der Waals surface area contributed by atoms with Crippen molar-refractivity contribution in [3.05, 3.63) is 87.3 Å². The van der Waals surface area contributed by atoms with Crippen molar-refractivity contribution in [2.45, 2.75) is 13.5 Å². The van der Waals surface area contributed by atoms with Gasteiger partial charge in [-0.15, -0.1) is 0 Å². The van der Waals surface area contributed by atoms with Gasteiger partial charge in [0.2, 0.25) is 0 Å². The predicted octanol–water partition coefficient (Wildman–Crippen LogP) is 5.25. The first-order chi connectivity index (χ1) is 13.0. The maximum absolute atomic E-state index is 13.2. The number of carbonyl (C=O) groups is 2. The Morgan fingerprint density at radius 2 is 1.85 bits per heavy atom. The molecule has 1 aliphatic rings. The minimum Gasteiger partial charge on any atom is -0.456 e. The van der Waals surface area contributed by atoms with Crippen LogP contribution in [0.1, 0.15) is 33.0 Å². The van der Waals surface area contributed by atoms with Gasteiger partial charge in [-0.05, 0) is 55.0 Å². The third-order valence-corrected chi connectivity index (χ3v) is 5.03. The van der Waals surface area contributed by atoms with Crippen LogP contribution >= 0.6 is 15.9 Å². The molecule has 134 valence electrons. The molecule has 0 unspecified atom stereocenters. The van der Waals surface area contributed by atoms with Crippen molar-refractivity contribution in [3.63, 3.8) is 0 Å². The lowest BCUT2D eigenvalue weighted by Gasteiger charge is -2.15. The molecule has 0 spiro atoms. The minimum absolute atomic E-state index is 0.0810. The Morgan fingerprint density at radius 3 is 2.56 bits per heavy atom. The normalized spacial score (nSPS) is 14.7. The van der Waals surface area contributed by atoms with E-state index in [0.717, 1.165) is 26.9 Å². The van der Waals surface area contributed by atoms with Gasteiger partial charge in [-0.25, -0.2) is 0 Å². The van der Waals surface area contributed by atoms with Crippen molar-refractivity contribution in [1.29, 1.82) is 0 Å². The van der Waals surface area contributed by atoms with E-state index in [1.54, 1.807) is 17.0 Å². The van der Waals surface area contributed by atoms with E-state index in [1.165, 1.54) is 0 Å². The van der Waals surface area contributed by atoms with Gasteiger partial charge in [0.25, 0.3) is 5.91 Å². The molecule has 0 N–H and O–H groups in total. The van der Waals surface area contributed by atoms with E-state index in [2.05, 4.69) is 15.9 Å². The maximum atomic E-state index is 13.2. The number of hydrogen-bond acceptors (Lipinski definition) is 3. The van der Waals surface area contributed by atoms with Crippen molar-refractivity contribution in [1.82, 2.24) is 0 Å². The Morgan fingerprint density at radius 1 is 1.07 bits per heavy atom. The van der Waals surface area contributed by atoms with Crippen LogP contribution in [0.3, 0.4) is 0 Å². The summed E-state index contributed by atoms with van der Waals surface area (Å²) in [6, 6.07) is 17.1. The number of halogens is 1. The molecule has 27 heavy (non-hydrogen) atoms. The molecule has 3 aromatic rings. The van der Waals surface area contributed by atoms with Crippen LogP contribution in [-0.2, 0) is 11.3 Å². The number of rotatable bonds is 4. The van der Waals surface area contributed by atoms with Crippen molar-refractivity contribution < 1.29 is 14.0 Å². The average Bonchev–Trinajstić information content (AvgIpc) is 3.22. The SMILES string of the molecule is Cc1ccc2c(c1)C(=Cc1ccc(Br)cc1)C(=O)N2Cc1ccc(C=O)o1. The van der Waals surface area contributed by atoms with E-state index in [9.17, 15) is 9.59 Å². The second kappa shape index (κ2) is 7.00. The smallest absolute Gasteiger partial charge is 0.259 e. The fraction of sp³-hybridized carbons (Fsp3) is 0.0909. The molecule has 2 heterocycles. The van der Waals surface area contributed by atoms with E-state index in [0.29, 0.717) is 17.6 Å². The first kappa shape index (κ1) is 17.5. The van der Waals surface area contributed by atoms with Gasteiger partial charge in [0.1, 0.15) is 5.76 Å². The molecule has 1 amide bonds. The maximum Gasteiger partial charge on any atom is 0.259 e. The summed E-state index contributed by atoms with van der Waals surface area (Å²) in [7, 11) is 0. The molecular formula is C22H16BrNO3. The predicted molar refractivity (Wildman–Crippen MR) is 108 cm³/mol. The Bertz CT molecular complexity index is 1060. The first-order valence-electron chi connectivity index (χ1n) is 8.49. The van der Waals surface area contributed by atoms with E-state index in [-0.39, 0.29) is 18.2 Å². The van der Waals surface area contributed by atoms with Gasteiger partial charge in [-0.2, -0.15) is 0 Å². The highest BCUT2D eigenvalue weighted by atomic mass is 79.9. The topological polar surface area (TPSA) is 50.5 Å². The molecule has 5 heteroatoms. The van der Waals surface area contributed by atoms with Gasteiger partial charge in [0.15, 0.2) is 12.0 Å². The number of amides is 1. The number of aldehydes is 1. The number of furan rings is 1. The molecule has 0 atom stereocenters. The Labute approximate surface area is 165 Å².